The van der Waals surface area contributed by atoms with Crippen molar-refractivity contribution in [3.63, 3.8) is 0 Å². The first-order chi connectivity index (χ1) is 12.8. The van der Waals surface area contributed by atoms with E-state index in [2.05, 4.69) is 30.7 Å². The van der Waals surface area contributed by atoms with Crippen molar-refractivity contribution in [3.8, 4) is 0 Å². The Bertz CT molecular complexity index is 815. The Morgan fingerprint density at radius 2 is 2.15 bits per heavy atom. The first-order valence-corrected chi connectivity index (χ1v) is 9.69. The van der Waals surface area contributed by atoms with Gasteiger partial charge in [-0.2, -0.15) is 0 Å². The molecule has 2 unspecified atom stereocenters. The van der Waals surface area contributed by atoms with Gasteiger partial charge in [-0.05, 0) is 12.5 Å². The number of likely N-dealkylation sites (tertiary alicyclic amines) is 1. The van der Waals surface area contributed by atoms with E-state index >= 15 is 0 Å². The summed E-state index contributed by atoms with van der Waals surface area (Å²) in [6.45, 7) is 8.36. The number of hydrogen-bond donors (Lipinski definition) is 1. The average Bonchev–Trinajstić information content (AvgIpc) is 3.22. The second-order valence-corrected chi connectivity index (χ2v) is 8.67. The number of hydrogen-bond acceptors (Lipinski definition) is 7. The maximum Gasteiger partial charge on any atom is 0.145 e. The van der Waals surface area contributed by atoms with Gasteiger partial charge >= 0.3 is 0 Å². The number of pyridine rings is 1. The normalized spacial score (nSPS) is 28.3. The van der Waals surface area contributed by atoms with E-state index < -0.39 is 0 Å². The zero-order valence-electron chi connectivity index (χ0n) is 15.9. The van der Waals surface area contributed by atoms with Crippen LogP contribution in [0.5, 0.6) is 0 Å². The molecule has 1 aromatic rings. The van der Waals surface area contributed by atoms with Crippen LogP contribution < -0.4 is 0 Å². The third kappa shape index (κ3) is 3.63. The van der Waals surface area contributed by atoms with Crippen molar-refractivity contribution in [1.29, 1.82) is 0 Å². The van der Waals surface area contributed by atoms with E-state index in [0.29, 0.717) is 18.2 Å². The van der Waals surface area contributed by atoms with Gasteiger partial charge < -0.3 is 10.0 Å². The lowest BCUT2D eigenvalue weighted by Crippen LogP contribution is -2.50. The number of fused-ring (bicyclic) bond motifs is 1. The first kappa shape index (κ1) is 18.5. The minimum absolute atomic E-state index is 0.130. The molecule has 1 fully saturated rings. The maximum atomic E-state index is 9.98. The Hall–Kier alpha value is -1.83. The summed E-state index contributed by atoms with van der Waals surface area (Å²) in [5.74, 6) is 1.70. The fourth-order valence-corrected chi connectivity index (χ4v) is 3.79. The molecule has 1 N–H and O–H groups in total. The molecule has 3 aliphatic rings. The molecule has 0 radical (unpaired) electrons. The lowest BCUT2D eigenvalue weighted by Gasteiger charge is -2.35. The summed E-state index contributed by atoms with van der Waals surface area (Å²) in [5, 5.41) is 10.5. The van der Waals surface area contributed by atoms with Crippen LogP contribution in [0.1, 0.15) is 32.8 Å². The Morgan fingerprint density at radius 3 is 2.81 bits per heavy atom. The number of aliphatic hydroxyl groups is 1. The lowest BCUT2D eigenvalue weighted by molar-refractivity contribution is 0.157. The molecule has 0 aliphatic carbocycles. The van der Waals surface area contributed by atoms with Gasteiger partial charge in [0.2, 0.25) is 0 Å². The fraction of sp³-hybridized carbons (Fsp3) is 0.579. The van der Waals surface area contributed by atoms with Crippen molar-refractivity contribution in [2.75, 3.05) is 13.1 Å². The molecule has 1 saturated heterocycles. The maximum absolute atomic E-state index is 9.98. The summed E-state index contributed by atoms with van der Waals surface area (Å²) in [6, 6.07) is 3.69. The lowest BCUT2D eigenvalue weighted by atomic mass is 9.94. The number of aliphatic imine (C=N–C) groups is 3. The van der Waals surface area contributed by atoms with Crippen LogP contribution in [0.3, 0.4) is 0 Å². The van der Waals surface area contributed by atoms with Crippen molar-refractivity contribution in [2.45, 2.75) is 52.0 Å². The summed E-state index contributed by atoms with van der Waals surface area (Å²) in [4.78, 5) is 22.9. The van der Waals surface area contributed by atoms with Crippen molar-refractivity contribution in [1.82, 2.24) is 14.8 Å². The Balaban J connectivity index is 1.65. The number of halogens is 1. The van der Waals surface area contributed by atoms with E-state index in [0.717, 1.165) is 30.2 Å². The average molecular weight is 389 g/mol. The first-order valence-electron chi connectivity index (χ1n) is 9.31. The van der Waals surface area contributed by atoms with Crippen molar-refractivity contribution >= 4 is 29.6 Å². The van der Waals surface area contributed by atoms with Crippen molar-refractivity contribution in [2.24, 2.45) is 20.4 Å². The van der Waals surface area contributed by atoms with Gasteiger partial charge in [0.1, 0.15) is 29.0 Å². The monoisotopic (exact) mass is 388 g/mol. The summed E-state index contributed by atoms with van der Waals surface area (Å²) >= 11 is 6.25. The molecular weight excluding hydrogens is 364 g/mol. The molecule has 3 aliphatic heterocycles. The number of amidine groups is 2. The largest absolute Gasteiger partial charge is 0.392 e. The molecule has 1 aromatic heterocycles. The molecule has 0 saturated carbocycles. The predicted molar refractivity (Wildman–Crippen MR) is 107 cm³/mol. The van der Waals surface area contributed by atoms with Gasteiger partial charge in [-0.15, -0.1) is 0 Å². The van der Waals surface area contributed by atoms with E-state index in [-0.39, 0.29) is 23.7 Å². The molecule has 0 amide bonds. The molecule has 144 valence electrons. The van der Waals surface area contributed by atoms with E-state index in [9.17, 15) is 5.11 Å². The SMILES string of the molecule is CC(C)(C)C1=NC(N2CC[C@H](O)C2)C2N=CN(Cc3cccnc3Cl)C2=N1. The van der Waals surface area contributed by atoms with Crippen LogP contribution in [-0.4, -0.2) is 69.3 Å². The summed E-state index contributed by atoms with van der Waals surface area (Å²) in [7, 11) is 0. The number of aliphatic hydroxyl groups excluding tert-OH is 1. The van der Waals surface area contributed by atoms with E-state index in [1.54, 1.807) is 6.20 Å². The second-order valence-electron chi connectivity index (χ2n) is 8.31. The summed E-state index contributed by atoms with van der Waals surface area (Å²) in [5.41, 5.74) is 0.760. The van der Waals surface area contributed by atoms with Crippen LogP contribution >= 0.6 is 11.6 Å². The molecule has 7 nitrogen and oxygen atoms in total. The third-order valence-corrected chi connectivity index (χ3v) is 5.44. The number of aromatic nitrogens is 1. The van der Waals surface area contributed by atoms with Crippen LogP contribution in [0.15, 0.2) is 33.3 Å². The molecule has 3 atom stereocenters. The fourth-order valence-electron chi connectivity index (χ4n) is 3.62. The molecular formula is C19H25ClN6O. The molecule has 0 aromatic carbocycles. The number of nitrogens with zero attached hydrogens (tertiary/aromatic N) is 6. The van der Waals surface area contributed by atoms with Crippen LogP contribution in [0.4, 0.5) is 0 Å². The molecule has 4 heterocycles. The van der Waals surface area contributed by atoms with Crippen LogP contribution in [-0.2, 0) is 6.54 Å². The van der Waals surface area contributed by atoms with Gasteiger partial charge in [-0.3, -0.25) is 9.89 Å². The van der Waals surface area contributed by atoms with Gasteiger partial charge in [0.25, 0.3) is 0 Å². The highest BCUT2D eigenvalue weighted by Crippen LogP contribution is 2.30. The highest BCUT2D eigenvalue weighted by molar-refractivity contribution is 6.30. The molecule has 0 spiro atoms. The van der Waals surface area contributed by atoms with Gasteiger partial charge in [-0.1, -0.05) is 38.4 Å². The molecule has 4 rings (SSSR count). The highest BCUT2D eigenvalue weighted by Gasteiger charge is 2.43. The van der Waals surface area contributed by atoms with Crippen LogP contribution in [0, 0.1) is 5.41 Å². The topological polar surface area (TPSA) is 76.7 Å². The summed E-state index contributed by atoms with van der Waals surface area (Å²) < 4.78 is 0. The van der Waals surface area contributed by atoms with Crippen LogP contribution in [0.2, 0.25) is 5.15 Å². The summed E-state index contributed by atoms with van der Waals surface area (Å²) in [6.07, 6.45) is 3.86. The zero-order valence-corrected chi connectivity index (χ0v) is 16.6. The quantitative estimate of drug-likeness (QED) is 0.805. The molecule has 0 bridgehead atoms. The predicted octanol–water partition coefficient (Wildman–Crippen LogP) is 2.20. The highest BCUT2D eigenvalue weighted by atomic mass is 35.5. The van der Waals surface area contributed by atoms with E-state index in [4.69, 9.17) is 26.6 Å². The minimum atomic E-state index is -0.295. The van der Waals surface area contributed by atoms with Gasteiger partial charge in [0.15, 0.2) is 0 Å². The number of β-amino-alcohol motifs (C(OH)–C–C–N with tert-alkyl or cyclic N) is 1. The number of rotatable bonds is 3. The van der Waals surface area contributed by atoms with Gasteiger partial charge in [0, 0.05) is 30.3 Å². The van der Waals surface area contributed by atoms with Crippen LogP contribution in [0.25, 0.3) is 0 Å². The van der Waals surface area contributed by atoms with Crippen molar-refractivity contribution < 1.29 is 5.11 Å². The second kappa shape index (κ2) is 6.96. The smallest absolute Gasteiger partial charge is 0.145 e. The Labute approximate surface area is 164 Å². The van der Waals surface area contributed by atoms with E-state index in [1.165, 1.54) is 0 Å². The van der Waals surface area contributed by atoms with Gasteiger partial charge in [-0.25, -0.2) is 15.0 Å². The van der Waals surface area contributed by atoms with Gasteiger partial charge in [0.05, 0.1) is 19.0 Å². The zero-order chi connectivity index (χ0) is 19.2. The minimum Gasteiger partial charge on any atom is -0.392 e. The molecule has 27 heavy (non-hydrogen) atoms. The van der Waals surface area contributed by atoms with E-state index in [1.807, 2.05) is 23.4 Å². The van der Waals surface area contributed by atoms with Crippen molar-refractivity contribution in [3.05, 3.63) is 29.0 Å². The third-order valence-electron chi connectivity index (χ3n) is 5.10. The Morgan fingerprint density at radius 1 is 1.33 bits per heavy atom. The standard InChI is InChI=1S/C19H25ClN6O/c1-19(2,3)18-23-16(25-8-6-13(27)10-25)14-17(24-18)26(11-22-14)9-12-5-4-7-21-15(12)20/h4-5,7,11,13-14,16,27H,6,8-10H2,1-3H3/t13-,14?,16?/m0/s1. The molecule has 8 heteroatoms. The Kier molecular flexibility index (Phi) is 4.78.